The maximum absolute atomic E-state index is 13.7. The first-order valence-corrected chi connectivity index (χ1v) is 6.66. The van der Waals surface area contributed by atoms with Crippen molar-refractivity contribution in [3.8, 4) is 11.5 Å². The Morgan fingerprint density at radius 2 is 1.82 bits per heavy atom. The summed E-state index contributed by atoms with van der Waals surface area (Å²) < 4.78 is 19.2. The Bertz CT molecular complexity index is 777. The van der Waals surface area contributed by atoms with Crippen molar-refractivity contribution in [3.63, 3.8) is 0 Å². The van der Waals surface area contributed by atoms with Crippen LogP contribution in [0.2, 0.25) is 0 Å². The smallest absolute Gasteiger partial charge is 0.423 e. The fraction of sp³-hybridized carbons (Fsp3) is 0.0667. The third-order valence-electron chi connectivity index (χ3n) is 3.19. The van der Waals surface area contributed by atoms with E-state index in [2.05, 4.69) is 10.2 Å². The van der Waals surface area contributed by atoms with Crippen LogP contribution in [-0.4, -0.2) is 27.4 Å². The summed E-state index contributed by atoms with van der Waals surface area (Å²) in [5.41, 5.74) is 1.21. The molecule has 3 rings (SSSR count). The Morgan fingerprint density at radius 3 is 2.50 bits per heavy atom. The minimum Gasteiger partial charge on any atom is -0.423 e. The normalized spacial score (nSPS) is 10.7. The molecule has 0 aliphatic rings. The monoisotopic (exact) mass is 298 g/mol. The average Bonchev–Trinajstić information content (AvgIpc) is 2.96. The number of aromatic nitrogens is 2. The van der Waals surface area contributed by atoms with Gasteiger partial charge in [0.15, 0.2) is 0 Å². The van der Waals surface area contributed by atoms with Crippen molar-refractivity contribution in [3.05, 3.63) is 65.8 Å². The number of benzene rings is 2. The predicted molar refractivity (Wildman–Crippen MR) is 78.8 cm³/mol. The summed E-state index contributed by atoms with van der Waals surface area (Å²) in [6.45, 7) is 0. The summed E-state index contributed by atoms with van der Waals surface area (Å²) in [5.74, 6) is -0.132. The highest BCUT2D eigenvalue weighted by atomic mass is 19.1. The van der Waals surface area contributed by atoms with E-state index < -0.39 is 12.9 Å². The van der Waals surface area contributed by atoms with Gasteiger partial charge in [0.2, 0.25) is 11.8 Å². The van der Waals surface area contributed by atoms with Gasteiger partial charge in [-0.05, 0) is 17.7 Å². The lowest BCUT2D eigenvalue weighted by Gasteiger charge is -2.02. The Hall–Kier alpha value is -2.51. The van der Waals surface area contributed by atoms with Crippen LogP contribution >= 0.6 is 0 Å². The van der Waals surface area contributed by atoms with Crippen molar-refractivity contribution in [1.82, 2.24) is 10.2 Å². The highest BCUT2D eigenvalue weighted by Gasteiger charge is 2.18. The van der Waals surface area contributed by atoms with Crippen molar-refractivity contribution >= 4 is 12.6 Å². The number of hydrogen-bond donors (Lipinski definition) is 2. The molecule has 7 heteroatoms. The van der Waals surface area contributed by atoms with Gasteiger partial charge >= 0.3 is 7.12 Å². The van der Waals surface area contributed by atoms with E-state index in [1.165, 1.54) is 12.1 Å². The van der Waals surface area contributed by atoms with E-state index in [1.807, 2.05) is 30.3 Å². The lowest BCUT2D eigenvalue weighted by molar-refractivity contribution is 0.423. The maximum atomic E-state index is 13.7. The summed E-state index contributed by atoms with van der Waals surface area (Å²) in [4.78, 5) is 0. The Morgan fingerprint density at radius 1 is 1.05 bits per heavy atom. The van der Waals surface area contributed by atoms with Gasteiger partial charge in [-0.1, -0.05) is 36.4 Å². The molecule has 110 valence electrons. The zero-order valence-electron chi connectivity index (χ0n) is 11.5. The molecule has 0 amide bonds. The van der Waals surface area contributed by atoms with Crippen LogP contribution in [0.15, 0.2) is 52.9 Å². The number of halogens is 1. The summed E-state index contributed by atoms with van der Waals surface area (Å²) in [7, 11) is -1.86. The van der Waals surface area contributed by atoms with Crippen molar-refractivity contribution in [2.75, 3.05) is 0 Å². The molecule has 0 unspecified atom stereocenters. The van der Waals surface area contributed by atoms with Gasteiger partial charge in [-0.15, -0.1) is 10.2 Å². The van der Waals surface area contributed by atoms with Crippen molar-refractivity contribution < 1.29 is 18.9 Å². The Labute approximate surface area is 126 Å². The maximum Gasteiger partial charge on any atom is 0.491 e. The van der Waals surface area contributed by atoms with Crippen molar-refractivity contribution in [2.45, 2.75) is 6.42 Å². The Kier molecular flexibility index (Phi) is 3.99. The van der Waals surface area contributed by atoms with Crippen LogP contribution < -0.4 is 5.46 Å². The quantitative estimate of drug-likeness (QED) is 0.706. The number of nitrogens with zero attached hydrogens (tertiary/aromatic N) is 2. The second-order valence-corrected chi connectivity index (χ2v) is 4.77. The second kappa shape index (κ2) is 6.09. The molecule has 22 heavy (non-hydrogen) atoms. The summed E-state index contributed by atoms with van der Waals surface area (Å²) >= 11 is 0. The van der Waals surface area contributed by atoms with Gasteiger partial charge in [-0.2, -0.15) is 0 Å². The molecule has 1 heterocycles. The summed E-state index contributed by atoms with van der Waals surface area (Å²) in [6, 6.07) is 13.6. The van der Waals surface area contributed by atoms with E-state index in [9.17, 15) is 4.39 Å². The molecule has 0 atom stereocenters. The number of hydrogen-bond acceptors (Lipinski definition) is 5. The third kappa shape index (κ3) is 3.05. The molecule has 0 fully saturated rings. The average molecular weight is 298 g/mol. The summed E-state index contributed by atoms with van der Waals surface area (Å²) in [5, 5.41) is 25.8. The SMILES string of the molecule is OB(O)c1ccc(-c2nnc(Cc3ccccc3)o2)cc1F. The molecule has 3 aromatic rings. The molecule has 0 spiro atoms. The summed E-state index contributed by atoms with van der Waals surface area (Å²) in [6.07, 6.45) is 0.490. The van der Waals surface area contributed by atoms with E-state index in [4.69, 9.17) is 14.5 Å². The third-order valence-corrected chi connectivity index (χ3v) is 3.19. The largest absolute Gasteiger partial charge is 0.491 e. The molecule has 1 aromatic heterocycles. The van der Waals surface area contributed by atoms with Gasteiger partial charge in [-0.3, -0.25) is 0 Å². The van der Waals surface area contributed by atoms with E-state index in [0.717, 1.165) is 11.6 Å². The van der Waals surface area contributed by atoms with Crippen LogP contribution in [0, 0.1) is 5.82 Å². The Balaban J connectivity index is 1.83. The fourth-order valence-electron chi connectivity index (χ4n) is 2.08. The van der Waals surface area contributed by atoms with Gasteiger partial charge in [0.1, 0.15) is 5.82 Å². The zero-order valence-corrected chi connectivity index (χ0v) is 11.5. The van der Waals surface area contributed by atoms with Gasteiger partial charge in [0.05, 0.1) is 6.42 Å². The molecular formula is C15H12BFN2O3. The van der Waals surface area contributed by atoms with Crippen molar-refractivity contribution in [1.29, 1.82) is 0 Å². The standard InChI is InChI=1S/C15H12BFN2O3/c17-13-9-11(6-7-12(13)16(20)21)15-19-18-14(22-15)8-10-4-2-1-3-5-10/h1-7,9,20-21H,8H2. The van der Waals surface area contributed by atoms with E-state index in [1.54, 1.807) is 0 Å². The molecule has 0 bridgehead atoms. The van der Waals surface area contributed by atoms with Crippen LogP contribution in [0.1, 0.15) is 11.5 Å². The van der Waals surface area contributed by atoms with E-state index in [0.29, 0.717) is 17.9 Å². The molecule has 0 aliphatic heterocycles. The van der Waals surface area contributed by atoms with Crippen LogP contribution in [-0.2, 0) is 6.42 Å². The zero-order chi connectivity index (χ0) is 15.5. The molecule has 2 aromatic carbocycles. The molecule has 0 saturated carbocycles. The first kappa shape index (κ1) is 14.4. The highest BCUT2D eigenvalue weighted by Crippen LogP contribution is 2.19. The van der Waals surface area contributed by atoms with Crippen LogP contribution in [0.4, 0.5) is 4.39 Å². The molecular weight excluding hydrogens is 286 g/mol. The van der Waals surface area contributed by atoms with Crippen molar-refractivity contribution in [2.24, 2.45) is 0 Å². The first-order valence-electron chi connectivity index (χ1n) is 6.66. The van der Waals surface area contributed by atoms with Gasteiger partial charge < -0.3 is 14.5 Å². The topological polar surface area (TPSA) is 79.4 Å². The minimum absolute atomic E-state index is 0.184. The van der Waals surface area contributed by atoms with Crippen LogP contribution in [0.3, 0.4) is 0 Å². The van der Waals surface area contributed by atoms with E-state index in [-0.39, 0.29) is 11.4 Å². The highest BCUT2D eigenvalue weighted by molar-refractivity contribution is 6.58. The lowest BCUT2D eigenvalue weighted by Crippen LogP contribution is -2.32. The second-order valence-electron chi connectivity index (χ2n) is 4.77. The number of rotatable bonds is 4. The van der Waals surface area contributed by atoms with E-state index >= 15 is 0 Å². The molecule has 2 N–H and O–H groups in total. The predicted octanol–water partition coefficient (Wildman–Crippen LogP) is 1.15. The van der Waals surface area contributed by atoms with Gasteiger partial charge in [0, 0.05) is 11.0 Å². The molecule has 0 radical (unpaired) electrons. The minimum atomic E-state index is -1.86. The molecule has 0 aliphatic carbocycles. The van der Waals surface area contributed by atoms with Crippen LogP contribution in [0.25, 0.3) is 11.5 Å². The lowest BCUT2D eigenvalue weighted by atomic mass is 9.79. The fourth-order valence-corrected chi connectivity index (χ4v) is 2.08. The first-order chi connectivity index (χ1) is 10.6. The van der Waals surface area contributed by atoms with Gasteiger partial charge in [0.25, 0.3) is 0 Å². The molecule has 5 nitrogen and oxygen atoms in total. The van der Waals surface area contributed by atoms with Crippen LogP contribution in [0.5, 0.6) is 0 Å². The van der Waals surface area contributed by atoms with Gasteiger partial charge in [-0.25, -0.2) is 4.39 Å². The molecule has 0 saturated heterocycles.